The second kappa shape index (κ2) is 10.4. The van der Waals surface area contributed by atoms with Gasteiger partial charge < -0.3 is 20.7 Å². The van der Waals surface area contributed by atoms with Crippen LogP contribution in [-0.2, 0) is 25.7 Å². The Morgan fingerprint density at radius 3 is 2.58 bits per heavy atom. The van der Waals surface area contributed by atoms with Crippen molar-refractivity contribution in [3.63, 3.8) is 0 Å². The summed E-state index contributed by atoms with van der Waals surface area (Å²) in [7, 11) is 0. The number of hydrogen-bond acceptors (Lipinski definition) is 5. The molecule has 1 saturated heterocycles. The van der Waals surface area contributed by atoms with Gasteiger partial charge in [-0.1, -0.05) is 50.6 Å². The van der Waals surface area contributed by atoms with Gasteiger partial charge in [-0.15, -0.1) is 0 Å². The predicted molar refractivity (Wildman–Crippen MR) is 114 cm³/mol. The molecule has 0 radical (unpaired) electrons. The summed E-state index contributed by atoms with van der Waals surface area (Å²) >= 11 is 0. The van der Waals surface area contributed by atoms with Crippen LogP contribution in [0, 0.1) is 17.8 Å². The van der Waals surface area contributed by atoms with Gasteiger partial charge in [-0.05, 0) is 42.6 Å². The molecule has 4 atom stereocenters. The molecule has 1 saturated carbocycles. The van der Waals surface area contributed by atoms with Crippen LogP contribution in [0.3, 0.4) is 0 Å². The van der Waals surface area contributed by atoms with Crippen molar-refractivity contribution in [2.45, 2.75) is 58.2 Å². The molecule has 2 aliphatic rings. The summed E-state index contributed by atoms with van der Waals surface area (Å²) < 4.78 is 5.23. The van der Waals surface area contributed by atoms with Gasteiger partial charge in [0, 0.05) is 6.54 Å². The van der Waals surface area contributed by atoms with Crippen molar-refractivity contribution in [2.24, 2.45) is 17.8 Å². The number of rotatable bonds is 6. The molecule has 31 heavy (non-hydrogen) atoms. The molecule has 8 heteroatoms. The Hall–Kier alpha value is -2.90. The summed E-state index contributed by atoms with van der Waals surface area (Å²) in [6.07, 6.45) is 2.73. The third kappa shape index (κ3) is 6.06. The molecule has 1 aliphatic heterocycles. The van der Waals surface area contributed by atoms with E-state index in [0.717, 1.165) is 31.2 Å². The molecule has 1 heterocycles. The van der Waals surface area contributed by atoms with E-state index in [1.807, 2.05) is 30.3 Å². The monoisotopic (exact) mass is 429 g/mol. The highest BCUT2D eigenvalue weighted by atomic mass is 16.5. The van der Waals surface area contributed by atoms with Crippen molar-refractivity contribution >= 4 is 23.7 Å². The molecule has 2 fully saturated rings. The van der Waals surface area contributed by atoms with Crippen LogP contribution in [0.5, 0.6) is 0 Å². The van der Waals surface area contributed by atoms with E-state index in [0.29, 0.717) is 12.5 Å². The van der Waals surface area contributed by atoms with Crippen molar-refractivity contribution in [2.75, 3.05) is 6.54 Å². The maximum absolute atomic E-state index is 13.0. The maximum Gasteiger partial charge on any atom is 0.408 e. The minimum atomic E-state index is -0.885. The van der Waals surface area contributed by atoms with Crippen molar-refractivity contribution in [3.8, 4) is 0 Å². The van der Waals surface area contributed by atoms with Crippen LogP contribution >= 0.6 is 0 Å². The predicted octanol–water partition coefficient (Wildman–Crippen LogP) is 1.93. The second-order valence-corrected chi connectivity index (χ2v) is 8.76. The number of fused-ring (bicyclic) bond motifs is 2. The minimum absolute atomic E-state index is 0.0665. The highest BCUT2D eigenvalue weighted by Crippen LogP contribution is 2.36. The topological polar surface area (TPSA) is 114 Å². The number of benzene rings is 1. The number of ketones is 1. The zero-order valence-electron chi connectivity index (χ0n) is 18.1. The molecule has 1 aliphatic carbocycles. The van der Waals surface area contributed by atoms with Gasteiger partial charge in [0.1, 0.15) is 18.7 Å². The Morgan fingerprint density at radius 2 is 1.87 bits per heavy atom. The molecule has 3 N–H and O–H groups in total. The smallest absolute Gasteiger partial charge is 0.408 e. The normalized spacial score (nSPS) is 24.4. The van der Waals surface area contributed by atoms with E-state index in [4.69, 9.17) is 4.74 Å². The molecule has 8 nitrogen and oxygen atoms in total. The summed E-state index contributed by atoms with van der Waals surface area (Å²) in [5.41, 5.74) is 0.834. The lowest BCUT2D eigenvalue weighted by Crippen LogP contribution is -2.57. The van der Waals surface area contributed by atoms with Crippen LogP contribution in [0.25, 0.3) is 0 Å². The Bertz CT molecular complexity index is 811. The highest BCUT2D eigenvalue weighted by Gasteiger charge is 2.40. The molecule has 1 aromatic carbocycles. The van der Waals surface area contributed by atoms with Gasteiger partial charge >= 0.3 is 6.09 Å². The van der Waals surface area contributed by atoms with E-state index in [1.165, 1.54) is 0 Å². The van der Waals surface area contributed by atoms with Gasteiger partial charge in [-0.3, -0.25) is 14.4 Å². The van der Waals surface area contributed by atoms with E-state index in [1.54, 1.807) is 13.8 Å². The molecule has 0 spiro atoms. The van der Waals surface area contributed by atoms with Crippen molar-refractivity contribution in [1.29, 1.82) is 0 Å². The van der Waals surface area contributed by atoms with Gasteiger partial charge in [-0.2, -0.15) is 0 Å². The Morgan fingerprint density at radius 1 is 1.13 bits per heavy atom. The van der Waals surface area contributed by atoms with Crippen LogP contribution in [0.4, 0.5) is 4.79 Å². The van der Waals surface area contributed by atoms with Gasteiger partial charge in [0.2, 0.25) is 11.7 Å². The first-order valence-electron chi connectivity index (χ1n) is 10.9. The quantitative estimate of drug-likeness (QED) is 0.598. The van der Waals surface area contributed by atoms with Crippen LogP contribution < -0.4 is 16.0 Å². The van der Waals surface area contributed by atoms with E-state index < -0.39 is 35.8 Å². The molecule has 1 aromatic rings. The summed E-state index contributed by atoms with van der Waals surface area (Å²) in [6.45, 7) is 4.16. The number of hydrogen-bond donors (Lipinski definition) is 3. The zero-order chi connectivity index (χ0) is 22.4. The summed E-state index contributed by atoms with van der Waals surface area (Å²) in [6, 6.07) is 7.47. The van der Waals surface area contributed by atoms with Gasteiger partial charge in [-0.25, -0.2) is 4.79 Å². The lowest BCUT2D eigenvalue weighted by molar-refractivity contribution is -0.141. The summed E-state index contributed by atoms with van der Waals surface area (Å²) in [5, 5.41) is 8.01. The molecular weight excluding hydrogens is 398 g/mol. The van der Waals surface area contributed by atoms with Crippen LogP contribution in [0.15, 0.2) is 30.3 Å². The van der Waals surface area contributed by atoms with Gasteiger partial charge in [0.25, 0.3) is 5.91 Å². The number of Topliss-reactive ketones (excluding diaryl/α,β-unsaturated/α-hetero) is 1. The second-order valence-electron chi connectivity index (χ2n) is 8.76. The van der Waals surface area contributed by atoms with Crippen LogP contribution in [0.2, 0.25) is 0 Å². The summed E-state index contributed by atoms with van der Waals surface area (Å²) in [4.78, 5) is 50.2. The van der Waals surface area contributed by atoms with E-state index in [2.05, 4.69) is 16.0 Å². The first-order chi connectivity index (χ1) is 14.8. The Kier molecular flexibility index (Phi) is 7.65. The van der Waals surface area contributed by atoms with E-state index in [9.17, 15) is 19.2 Å². The Balaban J connectivity index is 1.63. The molecular formula is C23H31N3O5. The first kappa shape index (κ1) is 22.8. The molecule has 3 rings (SSSR count). The van der Waals surface area contributed by atoms with Crippen molar-refractivity contribution in [1.82, 2.24) is 16.0 Å². The van der Waals surface area contributed by atoms with Crippen LogP contribution in [-0.4, -0.2) is 42.3 Å². The highest BCUT2D eigenvalue weighted by molar-refractivity contribution is 6.38. The fraction of sp³-hybridized carbons (Fsp3) is 0.565. The van der Waals surface area contributed by atoms with Gasteiger partial charge in [0.15, 0.2) is 0 Å². The molecule has 168 valence electrons. The number of ether oxygens (including phenoxy) is 1. The third-order valence-electron chi connectivity index (χ3n) is 6.13. The lowest BCUT2D eigenvalue weighted by atomic mass is 9.92. The average Bonchev–Trinajstić information content (AvgIpc) is 3.23. The third-order valence-corrected chi connectivity index (χ3v) is 6.13. The standard InChI is InChI=1S/C23H31N3O5/c1-14(2)18(26-23(30)31-13-16-6-4-3-5-7-16)21(28)25-19-17-9-8-15(12-17)10-11-24-22(29)20(19)27/h3-7,14-15,17-19H,8-13H2,1-2H3,(H,24,29)(H,25,28)(H,26,30). The maximum atomic E-state index is 13.0. The van der Waals surface area contributed by atoms with Crippen molar-refractivity contribution < 1.29 is 23.9 Å². The van der Waals surface area contributed by atoms with Gasteiger partial charge in [0.05, 0.1) is 0 Å². The number of carbonyl (C=O) groups excluding carboxylic acids is 4. The Labute approximate surface area is 182 Å². The number of carbonyl (C=O) groups is 4. The number of nitrogens with one attached hydrogen (secondary N) is 3. The number of amides is 3. The first-order valence-corrected chi connectivity index (χ1v) is 10.9. The lowest BCUT2D eigenvalue weighted by Gasteiger charge is -2.27. The molecule has 4 unspecified atom stereocenters. The summed E-state index contributed by atoms with van der Waals surface area (Å²) in [5.74, 6) is -1.61. The van der Waals surface area contributed by atoms with E-state index >= 15 is 0 Å². The molecule has 0 aromatic heterocycles. The fourth-order valence-electron chi connectivity index (χ4n) is 4.36. The minimum Gasteiger partial charge on any atom is -0.445 e. The van der Waals surface area contributed by atoms with Crippen LogP contribution in [0.1, 0.15) is 45.1 Å². The molecule has 3 amide bonds. The number of alkyl carbamates (subject to hydrolysis) is 1. The SMILES string of the molecule is CC(C)C(NC(=O)OCc1ccccc1)C(=O)NC1C(=O)C(=O)NCCC2CCC1C2. The largest absolute Gasteiger partial charge is 0.445 e. The fourth-order valence-corrected chi connectivity index (χ4v) is 4.36. The average molecular weight is 430 g/mol. The van der Waals surface area contributed by atoms with Crippen molar-refractivity contribution in [3.05, 3.63) is 35.9 Å². The van der Waals surface area contributed by atoms with E-state index in [-0.39, 0.29) is 18.4 Å². The zero-order valence-corrected chi connectivity index (χ0v) is 18.1. The molecule has 2 bridgehead atoms.